The van der Waals surface area contributed by atoms with Crippen molar-refractivity contribution in [2.24, 2.45) is 5.16 Å². The molecule has 0 atom stereocenters. The molecule has 0 saturated carbocycles. The van der Waals surface area contributed by atoms with E-state index in [0.717, 1.165) is 6.21 Å². The van der Waals surface area contributed by atoms with Gasteiger partial charge in [-0.3, -0.25) is 0 Å². The predicted molar refractivity (Wildman–Crippen MR) is 36.4 cm³/mol. The number of hydrogen-bond acceptors (Lipinski definition) is 4. The van der Waals surface area contributed by atoms with Gasteiger partial charge in [0.05, 0.1) is 5.56 Å². The van der Waals surface area contributed by atoms with E-state index in [-0.39, 0.29) is 5.82 Å². The van der Waals surface area contributed by atoms with Crippen LogP contribution < -0.4 is 0 Å². The summed E-state index contributed by atoms with van der Waals surface area (Å²) in [7, 11) is 0. The zero-order chi connectivity index (χ0) is 9.90. The maximum Gasteiger partial charge on any atom is 0.419 e. The second-order valence-electron chi connectivity index (χ2n) is 2.07. The summed E-state index contributed by atoms with van der Waals surface area (Å²) in [6.45, 7) is 0. The lowest BCUT2D eigenvalue weighted by molar-refractivity contribution is -0.138. The Labute approximate surface area is 70.7 Å². The summed E-state index contributed by atoms with van der Waals surface area (Å²) in [6.07, 6.45) is -2.39. The molecule has 1 aromatic heterocycles. The molecule has 0 bridgehead atoms. The monoisotopic (exact) mass is 191 g/mol. The summed E-state index contributed by atoms with van der Waals surface area (Å²) < 4.78 is 35.8. The number of nitrogens with zero attached hydrogens (tertiary/aromatic N) is 3. The van der Waals surface area contributed by atoms with Crippen molar-refractivity contribution in [3.05, 3.63) is 23.8 Å². The lowest BCUT2D eigenvalue weighted by Crippen LogP contribution is -2.07. The Hall–Kier alpha value is -1.66. The molecule has 0 unspecified atom stereocenters. The van der Waals surface area contributed by atoms with Gasteiger partial charge >= 0.3 is 6.18 Å². The SMILES string of the molecule is O/N=C/c1ncc(C(F)(F)F)cn1. The quantitative estimate of drug-likeness (QED) is 0.413. The van der Waals surface area contributed by atoms with E-state index in [9.17, 15) is 13.2 Å². The molecule has 0 fully saturated rings. The van der Waals surface area contributed by atoms with Crippen LogP contribution in [-0.4, -0.2) is 21.4 Å². The molecule has 0 aliphatic rings. The van der Waals surface area contributed by atoms with Crippen molar-refractivity contribution in [1.29, 1.82) is 0 Å². The normalized spacial score (nSPS) is 12.2. The average Bonchev–Trinajstić information content (AvgIpc) is 2.04. The standard InChI is InChI=1S/C6H4F3N3O/c7-6(8,9)4-1-10-5(3-12-13)11-2-4/h1-3,13H/b12-3+. The molecule has 4 nitrogen and oxygen atoms in total. The van der Waals surface area contributed by atoms with Crippen molar-refractivity contribution in [2.75, 3.05) is 0 Å². The summed E-state index contributed by atoms with van der Waals surface area (Å²) in [4.78, 5) is 6.59. The van der Waals surface area contributed by atoms with Crippen LogP contribution in [0.3, 0.4) is 0 Å². The van der Waals surface area contributed by atoms with Gasteiger partial charge in [0, 0.05) is 12.4 Å². The Morgan fingerprint density at radius 2 is 1.85 bits per heavy atom. The second kappa shape index (κ2) is 3.38. The van der Waals surface area contributed by atoms with Crippen molar-refractivity contribution in [3.8, 4) is 0 Å². The number of hydrogen-bond donors (Lipinski definition) is 1. The van der Waals surface area contributed by atoms with Crippen LogP contribution in [-0.2, 0) is 6.18 Å². The Kier molecular flexibility index (Phi) is 2.45. The van der Waals surface area contributed by atoms with E-state index in [2.05, 4.69) is 15.1 Å². The van der Waals surface area contributed by atoms with E-state index >= 15 is 0 Å². The largest absolute Gasteiger partial charge is 0.419 e. The number of rotatable bonds is 1. The highest BCUT2D eigenvalue weighted by molar-refractivity contribution is 5.73. The highest BCUT2D eigenvalue weighted by Gasteiger charge is 2.31. The van der Waals surface area contributed by atoms with Gasteiger partial charge in [-0.15, -0.1) is 0 Å². The minimum Gasteiger partial charge on any atom is -0.411 e. The molecule has 0 aromatic carbocycles. The fourth-order valence-corrected chi connectivity index (χ4v) is 0.603. The highest BCUT2D eigenvalue weighted by Crippen LogP contribution is 2.27. The van der Waals surface area contributed by atoms with Gasteiger partial charge < -0.3 is 5.21 Å². The first-order valence-electron chi connectivity index (χ1n) is 3.10. The van der Waals surface area contributed by atoms with Crippen LogP contribution in [0.5, 0.6) is 0 Å². The zero-order valence-electron chi connectivity index (χ0n) is 6.15. The smallest absolute Gasteiger partial charge is 0.411 e. The van der Waals surface area contributed by atoms with Crippen LogP contribution in [0, 0.1) is 0 Å². The minimum atomic E-state index is -4.45. The summed E-state index contributed by atoms with van der Waals surface area (Å²) in [5.74, 6) is -0.0875. The second-order valence-corrected chi connectivity index (χ2v) is 2.07. The van der Waals surface area contributed by atoms with Crippen molar-refractivity contribution in [2.45, 2.75) is 6.18 Å². The van der Waals surface area contributed by atoms with Crippen LogP contribution in [0.15, 0.2) is 17.5 Å². The van der Waals surface area contributed by atoms with E-state index in [0.29, 0.717) is 12.4 Å². The first-order valence-corrected chi connectivity index (χ1v) is 3.10. The third-order valence-electron chi connectivity index (χ3n) is 1.17. The van der Waals surface area contributed by atoms with Crippen LogP contribution in [0.2, 0.25) is 0 Å². The highest BCUT2D eigenvalue weighted by atomic mass is 19.4. The van der Waals surface area contributed by atoms with E-state index in [1.165, 1.54) is 0 Å². The molecule has 0 saturated heterocycles. The molecule has 1 N–H and O–H groups in total. The molecule has 0 aliphatic heterocycles. The molecule has 7 heteroatoms. The van der Waals surface area contributed by atoms with Crippen molar-refractivity contribution >= 4 is 6.21 Å². The molecule has 0 aliphatic carbocycles. The maximum atomic E-state index is 11.9. The van der Waals surface area contributed by atoms with Gasteiger partial charge in [0.15, 0.2) is 5.82 Å². The molecule has 1 heterocycles. The molecule has 70 valence electrons. The van der Waals surface area contributed by atoms with Gasteiger partial charge in [0.2, 0.25) is 0 Å². The maximum absolute atomic E-state index is 11.9. The van der Waals surface area contributed by atoms with Crippen molar-refractivity contribution in [3.63, 3.8) is 0 Å². The lowest BCUT2D eigenvalue weighted by atomic mass is 10.3. The van der Waals surface area contributed by atoms with Crippen LogP contribution >= 0.6 is 0 Å². The number of aromatic nitrogens is 2. The van der Waals surface area contributed by atoms with Gasteiger partial charge in [-0.1, -0.05) is 5.16 Å². The van der Waals surface area contributed by atoms with Gasteiger partial charge in [-0.2, -0.15) is 13.2 Å². The zero-order valence-corrected chi connectivity index (χ0v) is 6.15. The molecular weight excluding hydrogens is 187 g/mol. The fourth-order valence-electron chi connectivity index (χ4n) is 0.603. The Morgan fingerprint density at radius 1 is 1.31 bits per heavy atom. The first kappa shape index (κ1) is 9.43. The molecule has 1 rings (SSSR count). The summed E-state index contributed by atoms with van der Waals surface area (Å²) in [6, 6.07) is 0. The Morgan fingerprint density at radius 3 is 2.23 bits per heavy atom. The van der Waals surface area contributed by atoms with Crippen LogP contribution in [0.1, 0.15) is 11.4 Å². The van der Waals surface area contributed by atoms with Crippen molar-refractivity contribution < 1.29 is 18.4 Å². The molecule has 13 heavy (non-hydrogen) atoms. The number of halogens is 3. The van der Waals surface area contributed by atoms with E-state index in [4.69, 9.17) is 5.21 Å². The fraction of sp³-hybridized carbons (Fsp3) is 0.167. The Bertz CT molecular complexity index is 306. The first-order chi connectivity index (χ1) is 6.04. The molecule has 0 spiro atoms. The van der Waals surface area contributed by atoms with Crippen LogP contribution in [0.25, 0.3) is 0 Å². The Balaban J connectivity index is 2.94. The molecular formula is C6H4F3N3O. The van der Waals surface area contributed by atoms with E-state index in [1.807, 2.05) is 0 Å². The molecule has 0 radical (unpaired) electrons. The molecule has 0 amide bonds. The lowest BCUT2D eigenvalue weighted by Gasteiger charge is -2.03. The van der Waals surface area contributed by atoms with E-state index in [1.54, 1.807) is 0 Å². The minimum absolute atomic E-state index is 0.0875. The topological polar surface area (TPSA) is 58.4 Å². The van der Waals surface area contributed by atoms with Gasteiger partial charge in [-0.05, 0) is 0 Å². The van der Waals surface area contributed by atoms with Gasteiger partial charge in [0.1, 0.15) is 6.21 Å². The third-order valence-corrected chi connectivity index (χ3v) is 1.17. The van der Waals surface area contributed by atoms with Crippen LogP contribution in [0.4, 0.5) is 13.2 Å². The van der Waals surface area contributed by atoms with Gasteiger partial charge in [0.25, 0.3) is 0 Å². The van der Waals surface area contributed by atoms with Gasteiger partial charge in [-0.25, -0.2) is 9.97 Å². The average molecular weight is 191 g/mol. The summed E-state index contributed by atoms with van der Waals surface area (Å²) in [5, 5.41) is 10.6. The summed E-state index contributed by atoms with van der Waals surface area (Å²) in [5.41, 5.74) is -0.942. The summed E-state index contributed by atoms with van der Waals surface area (Å²) >= 11 is 0. The molecule has 1 aromatic rings. The van der Waals surface area contributed by atoms with E-state index < -0.39 is 11.7 Å². The predicted octanol–water partition coefficient (Wildman–Crippen LogP) is 1.30. The number of alkyl halides is 3. The number of oxime groups is 1. The van der Waals surface area contributed by atoms with Crippen molar-refractivity contribution in [1.82, 2.24) is 9.97 Å². The third kappa shape index (κ3) is 2.39.